The first-order valence-electron chi connectivity index (χ1n) is 8.48. The minimum absolute atomic E-state index is 0.417. The minimum atomic E-state index is -2.28. The van der Waals surface area contributed by atoms with Crippen LogP contribution in [0.3, 0.4) is 0 Å². The lowest BCUT2D eigenvalue weighted by atomic mass is 10.0. The van der Waals surface area contributed by atoms with E-state index in [0.29, 0.717) is 5.56 Å². The average Bonchev–Trinajstić information content (AvgIpc) is 2.56. The standard InChI is InChI=1S/C11H17NO3S.C7H16/c1-2-16-9-5-3-4-8(6-9)10(13)11(14,15)7-12;1-3-5-7-6-4-2/h3-6,10,13-15H,2,7,12H2,1H3;3-7H2,1-2H3. The van der Waals surface area contributed by atoms with Crippen molar-refractivity contribution in [2.75, 3.05) is 12.3 Å². The number of rotatable bonds is 9. The summed E-state index contributed by atoms with van der Waals surface area (Å²) in [6.07, 6.45) is 5.62. The lowest BCUT2D eigenvalue weighted by molar-refractivity contribution is -0.219. The maximum Gasteiger partial charge on any atom is 0.206 e. The second-order valence-corrected chi connectivity index (χ2v) is 6.89. The highest BCUT2D eigenvalue weighted by molar-refractivity contribution is 7.99. The van der Waals surface area contributed by atoms with Gasteiger partial charge in [0.05, 0.1) is 0 Å². The summed E-state index contributed by atoms with van der Waals surface area (Å²) in [5.41, 5.74) is 5.63. The van der Waals surface area contributed by atoms with Gasteiger partial charge in [-0.05, 0) is 23.4 Å². The van der Waals surface area contributed by atoms with E-state index in [1.807, 2.05) is 13.0 Å². The molecular weight excluding hydrogens is 310 g/mol. The predicted molar refractivity (Wildman–Crippen MR) is 98.5 cm³/mol. The highest BCUT2D eigenvalue weighted by atomic mass is 32.2. The fourth-order valence-corrected chi connectivity index (χ4v) is 2.72. The van der Waals surface area contributed by atoms with Gasteiger partial charge in [-0.15, -0.1) is 11.8 Å². The van der Waals surface area contributed by atoms with Gasteiger partial charge in [0.25, 0.3) is 0 Å². The van der Waals surface area contributed by atoms with Gasteiger partial charge in [-0.2, -0.15) is 0 Å². The molecule has 0 heterocycles. The molecule has 0 amide bonds. The van der Waals surface area contributed by atoms with Crippen LogP contribution in [-0.4, -0.2) is 33.4 Å². The van der Waals surface area contributed by atoms with Crippen LogP contribution in [0.2, 0.25) is 0 Å². The third kappa shape index (κ3) is 9.33. The van der Waals surface area contributed by atoms with Crippen LogP contribution in [0.5, 0.6) is 0 Å². The Kier molecular flexibility index (Phi) is 12.5. The normalized spacial score (nSPS) is 12.5. The van der Waals surface area contributed by atoms with Crippen molar-refractivity contribution in [3.8, 4) is 0 Å². The molecule has 1 aromatic rings. The Morgan fingerprint density at radius 3 is 2.17 bits per heavy atom. The highest BCUT2D eigenvalue weighted by Crippen LogP contribution is 2.27. The van der Waals surface area contributed by atoms with Gasteiger partial charge in [-0.25, -0.2) is 0 Å². The molecule has 23 heavy (non-hydrogen) atoms. The number of unbranched alkanes of at least 4 members (excludes halogenated alkanes) is 4. The molecule has 1 rings (SSSR count). The molecule has 0 bridgehead atoms. The predicted octanol–water partition coefficient (Wildman–Crippen LogP) is 3.45. The third-order valence-corrected chi connectivity index (χ3v) is 4.31. The molecule has 5 heteroatoms. The van der Waals surface area contributed by atoms with E-state index in [1.54, 1.807) is 30.0 Å². The van der Waals surface area contributed by atoms with Gasteiger partial charge < -0.3 is 21.1 Å². The van der Waals surface area contributed by atoms with Crippen LogP contribution in [0, 0.1) is 0 Å². The molecule has 0 saturated carbocycles. The van der Waals surface area contributed by atoms with E-state index in [1.165, 1.54) is 32.1 Å². The third-order valence-electron chi connectivity index (χ3n) is 3.43. The van der Waals surface area contributed by atoms with Crippen LogP contribution >= 0.6 is 11.8 Å². The molecular formula is C18H33NO3S. The van der Waals surface area contributed by atoms with E-state index in [0.717, 1.165) is 10.6 Å². The summed E-state index contributed by atoms with van der Waals surface area (Å²) < 4.78 is 0. The Balaban J connectivity index is 0.000000585. The van der Waals surface area contributed by atoms with Gasteiger partial charge in [0.2, 0.25) is 5.79 Å². The fourth-order valence-electron chi connectivity index (χ4n) is 2.00. The average molecular weight is 344 g/mol. The number of hydrogen-bond acceptors (Lipinski definition) is 5. The Labute approximate surface area is 145 Å². The first-order chi connectivity index (χ1) is 10.9. The van der Waals surface area contributed by atoms with Gasteiger partial charge in [0.15, 0.2) is 0 Å². The molecule has 1 unspecified atom stereocenters. The smallest absolute Gasteiger partial charge is 0.206 e. The monoisotopic (exact) mass is 343 g/mol. The zero-order valence-electron chi connectivity index (χ0n) is 14.7. The molecule has 0 radical (unpaired) electrons. The SMILES string of the molecule is CCCCCCC.CCSc1cccc(C(O)C(O)(O)CN)c1. The van der Waals surface area contributed by atoms with Gasteiger partial charge in [-0.1, -0.05) is 65.0 Å². The summed E-state index contributed by atoms with van der Waals surface area (Å²) in [6.45, 7) is 6.10. The molecule has 5 N–H and O–H groups in total. The van der Waals surface area contributed by atoms with Crippen LogP contribution in [0.15, 0.2) is 29.2 Å². The Morgan fingerprint density at radius 2 is 1.70 bits per heavy atom. The number of benzene rings is 1. The highest BCUT2D eigenvalue weighted by Gasteiger charge is 2.32. The topological polar surface area (TPSA) is 86.7 Å². The summed E-state index contributed by atoms with van der Waals surface area (Å²) in [5.74, 6) is -1.37. The van der Waals surface area contributed by atoms with E-state index >= 15 is 0 Å². The van der Waals surface area contributed by atoms with Crippen molar-refractivity contribution in [3.05, 3.63) is 29.8 Å². The Bertz CT molecular complexity index is 409. The quantitative estimate of drug-likeness (QED) is 0.313. The Morgan fingerprint density at radius 1 is 1.09 bits per heavy atom. The minimum Gasteiger partial charge on any atom is -0.383 e. The largest absolute Gasteiger partial charge is 0.383 e. The van der Waals surface area contributed by atoms with E-state index in [9.17, 15) is 15.3 Å². The van der Waals surface area contributed by atoms with Crippen LogP contribution in [0.25, 0.3) is 0 Å². The van der Waals surface area contributed by atoms with Crippen LogP contribution < -0.4 is 5.73 Å². The second-order valence-electron chi connectivity index (χ2n) is 5.55. The molecule has 1 aromatic carbocycles. The maximum atomic E-state index is 9.75. The van der Waals surface area contributed by atoms with Crippen molar-refractivity contribution in [2.24, 2.45) is 5.73 Å². The lowest BCUT2D eigenvalue weighted by Gasteiger charge is -2.26. The fraction of sp³-hybridized carbons (Fsp3) is 0.667. The summed E-state index contributed by atoms with van der Waals surface area (Å²) >= 11 is 1.62. The first-order valence-corrected chi connectivity index (χ1v) is 9.47. The molecule has 0 aliphatic heterocycles. The van der Waals surface area contributed by atoms with E-state index in [-0.39, 0.29) is 0 Å². The van der Waals surface area contributed by atoms with Crippen LogP contribution in [-0.2, 0) is 0 Å². The summed E-state index contributed by atoms with van der Waals surface area (Å²) in [4.78, 5) is 0.979. The van der Waals surface area contributed by atoms with E-state index in [2.05, 4.69) is 13.8 Å². The van der Waals surface area contributed by atoms with Crippen LogP contribution in [0.4, 0.5) is 0 Å². The maximum absolute atomic E-state index is 9.75. The number of aliphatic hydroxyl groups is 3. The summed E-state index contributed by atoms with van der Waals surface area (Å²) in [5, 5.41) is 28.6. The van der Waals surface area contributed by atoms with Crippen LogP contribution in [0.1, 0.15) is 64.5 Å². The molecule has 4 nitrogen and oxygen atoms in total. The van der Waals surface area contributed by atoms with Crippen molar-refractivity contribution < 1.29 is 15.3 Å². The molecule has 0 fully saturated rings. The lowest BCUT2D eigenvalue weighted by Crippen LogP contribution is -2.43. The second kappa shape index (κ2) is 12.8. The van der Waals surface area contributed by atoms with Crippen molar-refractivity contribution in [2.45, 2.75) is 69.7 Å². The van der Waals surface area contributed by atoms with Crippen molar-refractivity contribution in [1.29, 1.82) is 0 Å². The zero-order valence-corrected chi connectivity index (χ0v) is 15.5. The first kappa shape index (κ1) is 22.4. The van der Waals surface area contributed by atoms with Gasteiger partial charge in [0.1, 0.15) is 6.10 Å². The van der Waals surface area contributed by atoms with E-state index < -0.39 is 18.4 Å². The van der Waals surface area contributed by atoms with Crippen molar-refractivity contribution in [3.63, 3.8) is 0 Å². The van der Waals surface area contributed by atoms with E-state index in [4.69, 9.17) is 5.73 Å². The summed E-state index contributed by atoms with van der Waals surface area (Å²) in [6, 6.07) is 7.04. The number of aliphatic hydroxyl groups excluding tert-OH is 1. The zero-order chi connectivity index (χ0) is 17.7. The Hall–Kier alpha value is -0.590. The molecule has 0 spiro atoms. The molecule has 1 atom stereocenters. The number of nitrogens with two attached hydrogens (primary N) is 1. The molecule has 0 aliphatic carbocycles. The van der Waals surface area contributed by atoms with Gasteiger partial charge in [-0.3, -0.25) is 0 Å². The van der Waals surface area contributed by atoms with Crippen molar-refractivity contribution in [1.82, 2.24) is 0 Å². The molecule has 0 saturated heterocycles. The number of thioether (sulfide) groups is 1. The van der Waals surface area contributed by atoms with Crippen molar-refractivity contribution >= 4 is 11.8 Å². The van der Waals surface area contributed by atoms with Gasteiger partial charge in [0, 0.05) is 11.4 Å². The van der Waals surface area contributed by atoms with Gasteiger partial charge >= 0.3 is 0 Å². The number of hydrogen-bond donors (Lipinski definition) is 4. The molecule has 0 aromatic heterocycles. The molecule has 0 aliphatic rings. The molecule has 134 valence electrons. The summed E-state index contributed by atoms with van der Waals surface area (Å²) in [7, 11) is 0.